The molecule has 0 spiro atoms. The Morgan fingerprint density at radius 1 is 1.22 bits per heavy atom. The third-order valence-corrected chi connectivity index (χ3v) is 4.18. The van der Waals surface area contributed by atoms with Gasteiger partial charge in [-0.25, -0.2) is 13.4 Å². The molecule has 0 bridgehead atoms. The predicted octanol–water partition coefficient (Wildman–Crippen LogP) is 2.07. The summed E-state index contributed by atoms with van der Waals surface area (Å²) in [5.41, 5.74) is 5.93. The number of anilines is 2. The lowest BCUT2D eigenvalue weighted by atomic mass is 10.3. The molecule has 3 N–H and O–H groups in total. The van der Waals surface area contributed by atoms with Crippen LogP contribution in [0.15, 0.2) is 47.5 Å². The Morgan fingerprint density at radius 3 is 2.61 bits per heavy atom. The number of nitrogen functional groups attached to an aromatic ring is 1. The summed E-state index contributed by atoms with van der Waals surface area (Å²) in [6.07, 6.45) is 1.23. The van der Waals surface area contributed by atoms with Crippen molar-refractivity contribution in [1.29, 1.82) is 0 Å². The van der Waals surface area contributed by atoms with Gasteiger partial charge in [-0.15, -0.1) is 0 Å². The van der Waals surface area contributed by atoms with E-state index in [4.69, 9.17) is 5.73 Å². The Kier molecular flexibility index (Phi) is 3.71. The van der Waals surface area contributed by atoms with Crippen LogP contribution in [-0.2, 0) is 10.0 Å². The maximum Gasteiger partial charge on any atom is 0.263 e. The molecule has 2 rings (SSSR count). The summed E-state index contributed by atoms with van der Waals surface area (Å²) < 4.78 is 27.5. The molecule has 0 aliphatic carbocycles. The molecule has 0 fully saturated rings. The average molecular weight is 375 g/mol. The summed E-state index contributed by atoms with van der Waals surface area (Å²) in [5, 5.41) is 0. The minimum Gasteiger partial charge on any atom is -0.384 e. The SMILES string of the molecule is Nc1ccc(S(=O)(=O)Nc2cccc(I)c2)cn1. The van der Waals surface area contributed by atoms with E-state index in [-0.39, 0.29) is 10.7 Å². The van der Waals surface area contributed by atoms with Gasteiger partial charge in [0.2, 0.25) is 0 Å². The van der Waals surface area contributed by atoms with Gasteiger partial charge in [0.05, 0.1) is 0 Å². The van der Waals surface area contributed by atoms with E-state index >= 15 is 0 Å². The van der Waals surface area contributed by atoms with Gasteiger partial charge in [-0.1, -0.05) is 6.07 Å². The molecular weight excluding hydrogens is 365 g/mol. The van der Waals surface area contributed by atoms with Crippen molar-refractivity contribution in [2.45, 2.75) is 4.90 Å². The lowest BCUT2D eigenvalue weighted by Gasteiger charge is -2.08. The molecule has 0 aliphatic heterocycles. The zero-order valence-electron chi connectivity index (χ0n) is 9.17. The Bertz CT molecular complexity index is 656. The van der Waals surface area contributed by atoms with Gasteiger partial charge in [-0.3, -0.25) is 4.72 Å². The monoisotopic (exact) mass is 375 g/mol. The number of sulfonamides is 1. The first-order valence-corrected chi connectivity index (χ1v) is 7.53. The molecule has 1 aromatic carbocycles. The topological polar surface area (TPSA) is 85.1 Å². The van der Waals surface area contributed by atoms with Gasteiger partial charge < -0.3 is 5.73 Å². The molecule has 0 radical (unpaired) electrons. The van der Waals surface area contributed by atoms with Gasteiger partial charge in [-0.05, 0) is 52.9 Å². The Hall–Kier alpha value is -1.35. The summed E-state index contributed by atoms with van der Waals surface area (Å²) in [6, 6.07) is 9.94. The van der Waals surface area contributed by atoms with Crippen LogP contribution in [0.2, 0.25) is 0 Å². The summed E-state index contributed by atoms with van der Waals surface area (Å²) in [5.74, 6) is 0.281. The van der Waals surface area contributed by atoms with Crippen molar-refractivity contribution in [2.24, 2.45) is 0 Å². The zero-order valence-corrected chi connectivity index (χ0v) is 12.1. The fraction of sp³-hybridized carbons (Fsp3) is 0. The van der Waals surface area contributed by atoms with Crippen molar-refractivity contribution in [3.63, 3.8) is 0 Å². The van der Waals surface area contributed by atoms with Crippen LogP contribution in [-0.4, -0.2) is 13.4 Å². The van der Waals surface area contributed by atoms with Crippen molar-refractivity contribution < 1.29 is 8.42 Å². The number of rotatable bonds is 3. The maximum atomic E-state index is 12.0. The van der Waals surface area contributed by atoms with Crippen LogP contribution in [0, 0.1) is 3.57 Å². The van der Waals surface area contributed by atoms with E-state index in [0.717, 1.165) is 3.57 Å². The highest BCUT2D eigenvalue weighted by atomic mass is 127. The minimum absolute atomic E-state index is 0.0792. The number of aromatic nitrogens is 1. The normalized spacial score (nSPS) is 11.2. The van der Waals surface area contributed by atoms with Crippen molar-refractivity contribution >= 4 is 44.1 Å². The molecule has 0 atom stereocenters. The van der Waals surface area contributed by atoms with Crippen LogP contribution in [0.5, 0.6) is 0 Å². The number of halogens is 1. The molecular formula is C11H10IN3O2S. The van der Waals surface area contributed by atoms with E-state index in [1.807, 2.05) is 6.07 Å². The fourth-order valence-electron chi connectivity index (χ4n) is 1.32. The van der Waals surface area contributed by atoms with Crippen molar-refractivity contribution in [1.82, 2.24) is 4.98 Å². The second-order valence-corrected chi connectivity index (χ2v) is 6.46. The number of nitrogens with two attached hydrogens (primary N) is 1. The highest BCUT2D eigenvalue weighted by Gasteiger charge is 2.14. The number of nitrogens with one attached hydrogen (secondary N) is 1. The molecule has 18 heavy (non-hydrogen) atoms. The van der Waals surface area contributed by atoms with Gasteiger partial charge in [0.25, 0.3) is 10.0 Å². The number of nitrogens with zero attached hydrogens (tertiary/aromatic N) is 1. The first kappa shape index (κ1) is 13.1. The van der Waals surface area contributed by atoms with Crippen LogP contribution in [0.25, 0.3) is 0 Å². The van der Waals surface area contributed by atoms with E-state index in [0.29, 0.717) is 5.69 Å². The first-order valence-electron chi connectivity index (χ1n) is 4.97. The van der Waals surface area contributed by atoms with E-state index in [9.17, 15) is 8.42 Å². The second kappa shape index (κ2) is 5.11. The van der Waals surface area contributed by atoms with Gasteiger partial charge in [-0.2, -0.15) is 0 Å². The molecule has 0 amide bonds. The van der Waals surface area contributed by atoms with E-state index < -0.39 is 10.0 Å². The van der Waals surface area contributed by atoms with Crippen LogP contribution in [0.1, 0.15) is 0 Å². The van der Waals surface area contributed by atoms with Gasteiger partial charge in [0, 0.05) is 15.5 Å². The van der Waals surface area contributed by atoms with Crippen LogP contribution >= 0.6 is 22.6 Å². The van der Waals surface area contributed by atoms with Crippen LogP contribution in [0.4, 0.5) is 11.5 Å². The lowest BCUT2D eigenvalue weighted by molar-refractivity contribution is 0.601. The summed E-state index contributed by atoms with van der Waals surface area (Å²) >= 11 is 2.11. The third kappa shape index (κ3) is 3.10. The van der Waals surface area contributed by atoms with Crippen molar-refractivity contribution in [3.05, 3.63) is 46.2 Å². The number of benzene rings is 1. The number of hydrogen-bond acceptors (Lipinski definition) is 4. The lowest BCUT2D eigenvalue weighted by Crippen LogP contribution is -2.13. The van der Waals surface area contributed by atoms with Crippen LogP contribution in [0.3, 0.4) is 0 Å². The highest BCUT2D eigenvalue weighted by molar-refractivity contribution is 14.1. The fourth-order valence-corrected chi connectivity index (χ4v) is 2.85. The molecule has 0 unspecified atom stereocenters. The quantitative estimate of drug-likeness (QED) is 0.805. The van der Waals surface area contributed by atoms with E-state index in [1.165, 1.54) is 18.3 Å². The number of hydrogen-bond donors (Lipinski definition) is 2. The van der Waals surface area contributed by atoms with E-state index in [1.54, 1.807) is 18.2 Å². The molecule has 0 saturated carbocycles. The van der Waals surface area contributed by atoms with Gasteiger partial charge in [0.1, 0.15) is 10.7 Å². The highest BCUT2D eigenvalue weighted by Crippen LogP contribution is 2.17. The van der Waals surface area contributed by atoms with Crippen LogP contribution < -0.4 is 10.5 Å². The molecule has 0 saturated heterocycles. The van der Waals surface area contributed by atoms with E-state index in [2.05, 4.69) is 32.3 Å². The molecule has 0 aliphatic rings. The summed E-state index contributed by atoms with van der Waals surface area (Å²) in [6.45, 7) is 0. The largest absolute Gasteiger partial charge is 0.384 e. The molecule has 94 valence electrons. The number of pyridine rings is 1. The maximum absolute atomic E-state index is 12.0. The zero-order chi connectivity index (χ0) is 13.2. The Morgan fingerprint density at radius 2 is 2.00 bits per heavy atom. The van der Waals surface area contributed by atoms with Gasteiger partial charge >= 0.3 is 0 Å². The Balaban J connectivity index is 2.30. The summed E-state index contributed by atoms with van der Waals surface area (Å²) in [7, 11) is -3.62. The molecule has 1 aromatic heterocycles. The van der Waals surface area contributed by atoms with Gasteiger partial charge in [0.15, 0.2) is 0 Å². The smallest absolute Gasteiger partial charge is 0.263 e. The minimum atomic E-state index is -3.62. The third-order valence-electron chi connectivity index (χ3n) is 2.15. The first-order chi connectivity index (χ1) is 8.47. The standard InChI is InChI=1S/C11H10IN3O2S/c12-8-2-1-3-9(6-8)15-18(16,17)10-4-5-11(13)14-7-10/h1-7,15H,(H2,13,14). The molecule has 5 nitrogen and oxygen atoms in total. The molecule has 7 heteroatoms. The van der Waals surface area contributed by atoms with Crippen molar-refractivity contribution in [2.75, 3.05) is 10.5 Å². The van der Waals surface area contributed by atoms with Crippen molar-refractivity contribution in [3.8, 4) is 0 Å². The molecule has 2 aromatic rings. The summed E-state index contributed by atoms with van der Waals surface area (Å²) in [4.78, 5) is 3.84. The average Bonchev–Trinajstić information content (AvgIpc) is 2.29. The Labute approximate surface area is 119 Å². The molecule has 1 heterocycles. The second-order valence-electron chi connectivity index (χ2n) is 3.53. The predicted molar refractivity (Wildman–Crippen MR) is 78.6 cm³/mol.